The Morgan fingerprint density at radius 1 is 1.20 bits per heavy atom. The Labute approximate surface area is 123 Å². The van der Waals surface area contributed by atoms with Gasteiger partial charge in [0, 0.05) is 31.7 Å². The van der Waals surface area contributed by atoms with Crippen molar-refractivity contribution >= 4 is 0 Å². The van der Waals surface area contributed by atoms with Crippen LogP contribution in [0, 0.1) is 5.92 Å². The van der Waals surface area contributed by atoms with Crippen LogP contribution < -0.4 is 5.32 Å². The van der Waals surface area contributed by atoms with Gasteiger partial charge in [-0.05, 0) is 44.8 Å². The highest BCUT2D eigenvalue weighted by molar-refractivity contribution is 4.88. The first-order valence-corrected chi connectivity index (χ1v) is 8.57. The lowest BCUT2D eigenvalue weighted by Crippen LogP contribution is -2.54. The van der Waals surface area contributed by atoms with Gasteiger partial charge in [0.1, 0.15) is 0 Å². The van der Waals surface area contributed by atoms with E-state index in [1.54, 1.807) is 0 Å². The fourth-order valence-corrected chi connectivity index (χ4v) is 4.25. The third-order valence-corrected chi connectivity index (χ3v) is 5.38. The summed E-state index contributed by atoms with van der Waals surface area (Å²) in [5, 5.41) is 3.62. The molecule has 3 fully saturated rings. The van der Waals surface area contributed by atoms with Gasteiger partial charge in [-0.3, -0.25) is 4.90 Å². The van der Waals surface area contributed by atoms with E-state index in [0.717, 1.165) is 38.2 Å². The van der Waals surface area contributed by atoms with Crippen molar-refractivity contribution in [3.05, 3.63) is 0 Å². The van der Waals surface area contributed by atoms with Crippen LogP contribution in [0.3, 0.4) is 0 Å². The van der Waals surface area contributed by atoms with E-state index in [2.05, 4.69) is 29.0 Å². The second kappa shape index (κ2) is 6.73. The molecule has 4 unspecified atom stereocenters. The number of nitrogens with zero attached hydrogens (tertiary/aromatic N) is 2. The van der Waals surface area contributed by atoms with Crippen molar-refractivity contribution in [2.45, 2.75) is 51.3 Å². The first-order chi connectivity index (χ1) is 9.76. The standard InChI is InChI=1S/C16H31N3O/c1-3-17-16-6-8-18(9-13(16)2)10-15-11-19-7-4-5-14(19)12-20-15/h13-17H,3-12H2,1-2H3. The number of morpholine rings is 1. The monoisotopic (exact) mass is 281 g/mol. The molecule has 0 bridgehead atoms. The highest BCUT2D eigenvalue weighted by Crippen LogP contribution is 2.24. The summed E-state index contributed by atoms with van der Waals surface area (Å²) in [5.41, 5.74) is 0. The van der Waals surface area contributed by atoms with Gasteiger partial charge in [-0.15, -0.1) is 0 Å². The van der Waals surface area contributed by atoms with Gasteiger partial charge in [0.2, 0.25) is 0 Å². The van der Waals surface area contributed by atoms with Crippen molar-refractivity contribution in [1.82, 2.24) is 15.1 Å². The predicted molar refractivity (Wildman–Crippen MR) is 82.0 cm³/mol. The average molecular weight is 281 g/mol. The highest BCUT2D eigenvalue weighted by atomic mass is 16.5. The zero-order valence-electron chi connectivity index (χ0n) is 13.2. The lowest BCUT2D eigenvalue weighted by molar-refractivity contribution is -0.0653. The smallest absolute Gasteiger partial charge is 0.0829 e. The number of fused-ring (bicyclic) bond motifs is 1. The van der Waals surface area contributed by atoms with Gasteiger partial charge in [-0.1, -0.05) is 13.8 Å². The minimum Gasteiger partial charge on any atom is -0.374 e. The summed E-state index contributed by atoms with van der Waals surface area (Å²) < 4.78 is 6.11. The van der Waals surface area contributed by atoms with Gasteiger partial charge in [-0.2, -0.15) is 0 Å². The molecule has 20 heavy (non-hydrogen) atoms. The third kappa shape index (κ3) is 3.35. The number of hydrogen-bond acceptors (Lipinski definition) is 4. The largest absolute Gasteiger partial charge is 0.374 e. The average Bonchev–Trinajstić information content (AvgIpc) is 2.89. The first-order valence-electron chi connectivity index (χ1n) is 8.57. The van der Waals surface area contributed by atoms with Crippen LogP contribution in [0.25, 0.3) is 0 Å². The molecule has 0 aromatic carbocycles. The second-order valence-corrected chi connectivity index (χ2v) is 6.94. The normalized spacial score (nSPS) is 39.9. The van der Waals surface area contributed by atoms with E-state index in [1.807, 2.05) is 0 Å². The quantitative estimate of drug-likeness (QED) is 0.837. The van der Waals surface area contributed by atoms with Crippen LogP contribution in [0.1, 0.15) is 33.1 Å². The van der Waals surface area contributed by atoms with Crippen molar-refractivity contribution in [3.63, 3.8) is 0 Å². The number of ether oxygens (including phenoxy) is 1. The van der Waals surface area contributed by atoms with Gasteiger partial charge >= 0.3 is 0 Å². The molecule has 0 aromatic heterocycles. The molecule has 3 saturated heterocycles. The fraction of sp³-hybridized carbons (Fsp3) is 1.00. The summed E-state index contributed by atoms with van der Waals surface area (Å²) in [6.45, 7) is 12.7. The molecule has 4 atom stereocenters. The van der Waals surface area contributed by atoms with Crippen LogP contribution in [-0.2, 0) is 4.74 Å². The Hall–Kier alpha value is -0.160. The summed E-state index contributed by atoms with van der Waals surface area (Å²) in [6.07, 6.45) is 4.44. The maximum absolute atomic E-state index is 6.11. The first kappa shape index (κ1) is 14.8. The van der Waals surface area contributed by atoms with Crippen molar-refractivity contribution in [1.29, 1.82) is 0 Å². The van der Waals surface area contributed by atoms with E-state index < -0.39 is 0 Å². The topological polar surface area (TPSA) is 27.7 Å². The number of piperidine rings is 1. The van der Waals surface area contributed by atoms with E-state index in [0.29, 0.717) is 12.1 Å². The van der Waals surface area contributed by atoms with E-state index >= 15 is 0 Å². The molecule has 3 aliphatic heterocycles. The summed E-state index contributed by atoms with van der Waals surface area (Å²) in [7, 11) is 0. The molecular formula is C16H31N3O. The van der Waals surface area contributed by atoms with Crippen molar-refractivity contribution in [2.24, 2.45) is 5.92 Å². The number of rotatable bonds is 4. The van der Waals surface area contributed by atoms with Crippen LogP contribution in [0.4, 0.5) is 0 Å². The Morgan fingerprint density at radius 2 is 2.10 bits per heavy atom. The minimum absolute atomic E-state index is 0.437. The lowest BCUT2D eigenvalue weighted by Gasteiger charge is -2.41. The van der Waals surface area contributed by atoms with E-state index in [4.69, 9.17) is 4.74 Å². The van der Waals surface area contributed by atoms with Crippen LogP contribution in [-0.4, -0.2) is 73.9 Å². The van der Waals surface area contributed by atoms with Gasteiger partial charge in [0.15, 0.2) is 0 Å². The number of likely N-dealkylation sites (tertiary alicyclic amines) is 1. The van der Waals surface area contributed by atoms with Crippen LogP contribution >= 0.6 is 0 Å². The predicted octanol–water partition coefficient (Wildman–Crippen LogP) is 1.17. The molecule has 0 amide bonds. The van der Waals surface area contributed by atoms with Crippen LogP contribution in [0.15, 0.2) is 0 Å². The third-order valence-electron chi connectivity index (χ3n) is 5.38. The van der Waals surface area contributed by atoms with Gasteiger partial charge in [0.25, 0.3) is 0 Å². The molecule has 1 N–H and O–H groups in total. The van der Waals surface area contributed by atoms with E-state index in [-0.39, 0.29) is 0 Å². The molecule has 3 rings (SSSR count). The van der Waals surface area contributed by atoms with Crippen LogP contribution in [0.5, 0.6) is 0 Å². The minimum atomic E-state index is 0.437. The van der Waals surface area contributed by atoms with Gasteiger partial charge in [-0.25, -0.2) is 0 Å². The van der Waals surface area contributed by atoms with Gasteiger partial charge in [0.05, 0.1) is 12.7 Å². The molecule has 0 spiro atoms. The lowest BCUT2D eigenvalue weighted by atomic mass is 9.93. The Morgan fingerprint density at radius 3 is 2.90 bits per heavy atom. The number of hydrogen-bond donors (Lipinski definition) is 1. The summed E-state index contributed by atoms with van der Waals surface area (Å²) in [6, 6.07) is 1.44. The molecule has 0 radical (unpaired) electrons. The SMILES string of the molecule is CCNC1CCN(CC2CN3CCCC3CO2)CC1C. The molecule has 0 saturated carbocycles. The molecule has 3 aliphatic rings. The Bertz CT molecular complexity index is 312. The molecule has 116 valence electrons. The van der Waals surface area contributed by atoms with Crippen molar-refractivity contribution in [3.8, 4) is 0 Å². The highest BCUT2D eigenvalue weighted by Gasteiger charge is 2.34. The fourth-order valence-electron chi connectivity index (χ4n) is 4.25. The molecule has 4 nitrogen and oxygen atoms in total. The molecule has 0 aromatic rings. The van der Waals surface area contributed by atoms with E-state index in [1.165, 1.54) is 38.9 Å². The molecule has 4 heteroatoms. The molecule has 3 heterocycles. The zero-order valence-corrected chi connectivity index (χ0v) is 13.2. The second-order valence-electron chi connectivity index (χ2n) is 6.94. The van der Waals surface area contributed by atoms with Crippen LogP contribution in [0.2, 0.25) is 0 Å². The maximum atomic E-state index is 6.11. The zero-order chi connectivity index (χ0) is 13.9. The molecule has 0 aliphatic carbocycles. The summed E-state index contributed by atoms with van der Waals surface area (Å²) in [5.74, 6) is 0.756. The Balaban J connectivity index is 1.44. The van der Waals surface area contributed by atoms with E-state index in [9.17, 15) is 0 Å². The summed E-state index contributed by atoms with van der Waals surface area (Å²) in [4.78, 5) is 5.28. The summed E-state index contributed by atoms with van der Waals surface area (Å²) >= 11 is 0. The number of nitrogens with one attached hydrogen (secondary N) is 1. The van der Waals surface area contributed by atoms with Crippen molar-refractivity contribution in [2.75, 3.05) is 45.9 Å². The van der Waals surface area contributed by atoms with Gasteiger partial charge < -0.3 is 15.0 Å². The molecular weight excluding hydrogens is 250 g/mol. The Kier molecular flexibility index (Phi) is 4.97. The van der Waals surface area contributed by atoms with Crippen molar-refractivity contribution < 1.29 is 4.74 Å². The maximum Gasteiger partial charge on any atom is 0.0829 e.